The van der Waals surface area contributed by atoms with E-state index in [1.165, 1.54) is 14.7 Å². The minimum absolute atomic E-state index is 0.00627. The molecule has 0 spiro atoms. The Hall–Kier alpha value is -6.11. The van der Waals surface area contributed by atoms with Crippen LogP contribution in [-0.2, 0) is 23.9 Å². The Kier molecular flexibility index (Phi) is 23.8. The Morgan fingerprint density at radius 3 is 1.45 bits per heavy atom. The molecule has 5 aliphatic rings. The second-order valence-electron chi connectivity index (χ2n) is 18.0. The number of rotatable bonds is 21. The van der Waals surface area contributed by atoms with Crippen molar-refractivity contribution in [2.24, 2.45) is 5.92 Å². The molecule has 3 aromatic rings. The number of β-amino-alcohol motifs (C(OH)–C–C–N with tert-alkyl or cyclic N) is 1. The summed E-state index contributed by atoms with van der Waals surface area (Å²) in [4.78, 5) is 113. The van der Waals surface area contributed by atoms with E-state index in [0.29, 0.717) is 112 Å². The third kappa shape index (κ3) is 16.2. The van der Waals surface area contributed by atoms with Crippen molar-refractivity contribution >= 4 is 68.0 Å². The number of unbranched alkanes of at least 4 members (excludes halogenated alkanes) is 2. The number of hydrogen-bond donors (Lipinski definition) is 5. The minimum atomic E-state index is -0.544. The highest BCUT2D eigenvalue weighted by Crippen LogP contribution is 2.26. The molecule has 5 N–H and O–H groups in total. The molecule has 0 aromatic heterocycles. The van der Waals surface area contributed by atoms with Gasteiger partial charge in [0, 0.05) is 77.8 Å². The first-order valence-electron chi connectivity index (χ1n) is 25.2. The summed E-state index contributed by atoms with van der Waals surface area (Å²) in [5.74, 6) is -2.18. The predicted octanol–water partition coefficient (Wildman–Crippen LogP) is 2.13. The lowest BCUT2D eigenvalue weighted by molar-refractivity contribution is -0.144. The summed E-state index contributed by atoms with van der Waals surface area (Å²) >= 11 is 2.87. The van der Waals surface area contributed by atoms with Crippen molar-refractivity contribution in [3.05, 3.63) is 106 Å². The SMILES string of the molecule is CCOC(=O)CCNCC(=O)OCC.O=C(Br)CCCCCN1C(=O)c2ccccc2C1=O.O=C1c2ccccc2C(=O)N1CCN1CC[C@@H](O)[C@H]1CO.O=C1c2ccccc2C(=O)N1CCN1C[C@@H](CO)[C@@H](O)C1. The van der Waals surface area contributed by atoms with Gasteiger partial charge in [-0.05, 0) is 85.4 Å². The number of ether oxygens (including phenoxy) is 2. The highest BCUT2D eigenvalue weighted by Gasteiger charge is 2.39. The fraction of sp³-hybridized carbons (Fsp3) is 0.491. The monoisotopic (exact) mass is 1110 g/mol. The summed E-state index contributed by atoms with van der Waals surface area (Å²) in [5, 5.41) is 40.7. The third-order valence-electron chi connectivity index (χ3n) is 13.1. The number of imide groups is 3. The fourth-order valence-electron chi connectivity index (χ4n) is 9.05. The molecule has 3 aromatic carbocycles. The van der Waals surface area contributed by atoms with Gasteiger partial charge in [0.2, 0.25) is 0 Å². The number of likely N-dealkylation sites (tertiary alicyclic amines) is 2. The maximum Gasteiger partial charge on any atom is 0.319 e. The molecule has 5 aliphatic heterocycles. The number of carbonyl (C=O) groups is 9. The number of nitrogens with one attached hydrogen (secondary N) is 1. The van der Waals surface area contributed by atoms with E-state index in [4.69, 9.17) is 9.84 Å². The molecule has 75 heavy (non-hydrogen) atoms. The van der Waals surface area contributed by atoms with E-state index >= 15 is 0 Å². The van der Waals surface area contributed by atoms with Crippen molar-refractivity contribution in [2.45, 2.75) is 70.6 Å². The first kappa shape index (κ1) is 59.8. The molecule has 2 saturated heterocycles. The average molecular weight is 1110 g/mol. The molecule has 0 bridgehead atoms. The highest BCUT2D eigenvalue weighted by atomic mass is 79.9. The number of fused-ring (bicyclic) bond motifs is 3. The zero-order valence-corrected chi connectivity index (χ0v) is 43.9. The van der Waals surface area contributed by atoms with Crippen LogP contribution in [-0.4, -0.2) is 207 Å². The van der Waals surface area contributed by atoms with Gasteiger partial charge in [-0.25, -0.2) is 0 Å². The zero-order chi connectivity index (χ0) is 54.6. The smallest absolute Gasteiger partial charge is 0.319 e. The van der Waals surface area contributed by atoms with Crippen molar-refractivity contribution in [1.82, 2.24) is 29.8 Å². The second-order valence-corrected chi connectivity index (χ2v) is 18.9. The number of carbonyl (C=O) groups excluding carboxylic acids is 9. The lowest BCUT2D eigenvalue weighted by Crippen LogP contribution is -2.43. The number of halogens is 1. The van der Waals surface area contributed by atoms with E-state index in [0.717, 1.165) is 19.3 Å². The average Bonchev–Trinajstić information content (AvgIpc) is 4.15. The molecule has 21 nitrogen and oxygen atoms in total. The summed E-state index contributed by atoms with van der Waals surface area (Å²) in [5.41, 5.74) is 2.78. The lowest BCUT2D eigenvalue weighted by Gasteiger charge is -2.26. The van der Waals surface area contributed by atoms with E-state index in [1.54, 1.807) is 86.6 Å². The maximum absolute atomic E-state index is 12.2. The van der Waals surface area contributed by atoms with E-state index in [2.05, 4.69) is 26.0 Å². The van der Waals surface area contributed by atoms with Crippen LogP contribution >= 0.6 is 15.9 Å². The lowest BCUT2D eigenvalue weighted by atomic mass is 10.1. The molecule has 22 heteroatoms. The summed E-state index contributed by atoms with van der Waals surface area (Å²) < 4.78 is 9.37. The van der Waals surface area contributed by atoms with Crippen molar-refractivity contribution < 1.29 is 73.1 Å². The van der Waals surface area contributed by atoms with Crippen molar-refractivity contribution in [3.8, 4) is 0 Å². The molecule has 0 saturated carbocycles. The normalized spacial score (nSPS) is 19.7. The number of aliphatic hydroxyl groups excluding tert-OH is 4. The Bertz CT molecular complexity index is 2390. The maximum atomic E-state index is 12.2. The molecule has 5 heterocycles. The fourth-order valence-corrected chi connectivity index (χ4v) is 9.33. The molecule has 6 amide bonds. The second kappa shape index (κ2) is 29.8. The molecule has 8 rings (SSSR count). The van der Waals surface area contributed by atoms with Crippen LogP contribution in [0, 0.1) is 5.92 Å². The van der Waals surface area contributed by atoms with Crippen molar-refractivity contribution in [2.75, 3.05) is 91.9 Å². The largest absolute Gasteiger partial charge is 0.466 e. The Labute approximate surface area is 443 Å². The molecule has 4 atom stereocenters. The van der Waals surface area contributed by atoms with Gasteiger partial charge in [0.1, 0.15) is 0 Å². The van der Waals surface area contributed by atoms with Crippen LogP contribution in [0.3, 0.4) is 0 Å². The highest BCUT2D eigenvalue weighted by molar-refractivity contribution is 9.18. The molecule has 0 unspecified atom stereocenters. The van der Waals surface area contributed by atoms with Crippen LogP contribution in [0.15, 0.2) is 72.8 Å². The van der Waals surface area contributed by atoms with Gasteiger partial charge in [-0.3, -0.25) is 67.7 Å². The van der Waals surface area contributed by atoms with Gasteiger partial charge < -0.3 is 35.2 Å². The number of amides is 6. The van der Waals surface area contributed by atoms with Gasteiger partial charge >= 0.3 is 11.9 Å². The topological polar surface area (TPSA) is 281 Å². The number of benzene rings is 3. The van der Waals surface area contributed by atoms with Gasteiger partial charge in [-0.15, -0.1) is 0 Å². The number of hydrogen-bond acceptors (Lipinski definition) is 18. The van der Waals surface area contributed by atoms with E-state index < -0.39 is 12.2 Å². The van der Waals surface area contributed by atoms with Gasteiger partial charge in [0.15, 0.2) is 4.69 Å². The van der Waals surface area contributed by atoms with Gasteiger partial charge in [-0.1, -0.05) is 42.8 Å². The first-order valence-corrected chi connectivity index (χ1v) is 26.0. The Morgan fingerprint density at radius 2 is 1.03 bits per heavy atom. The molecular formula is C53H67BrN6O15. The van der Waals surface area contributed by atoms with Crippen LogP contribution in [0.2, 0.25) is 0 Å². The van der Waals surface area contributed by atoms with Crippen LogP contribution in [0.25, 0.3) is 0 Å². The van der Waals surface area contributed by atoms with Gasteiger partial charge in [0.05, 0.1) is 84.4 Å². The van der Waals surface area contributed by atoms with Gasteiger partial charge in [-0.2, -0.15) is 0 Å². The van der Waals surface area contributed by atoms with E-state index in [1.807, 2.05) is 9.80 Å². The Balaban J connectivity index is 0.000000187. The van der Waals surface area contributed by atoms with Crippen LogP contribution in [0.1, 0.15) is 115 Å². The quantitative estimate of drug-likeness (QED) is 0.0442. The van der Waals surface area contributed by atoms with Crippen molar-refractivity contribution in [3.63, 3.8) is 0 Å². The minimum Gasteiger partial charge on any atom is -0.466 e. The molecule has 2 fully saturated rings. The van der Waals surface area contributed by atoms with Crippen molar-refractivity contribution in [1.29, 1.82) is 0 Å². The van der Waals surface area contributed by atoms with Crippen LogP contribution in [0.4, 0.5) is 0 Å². The van der Waals surface area contributed by atoms with Crippen LogP contribution < -0.4 is 5.32 Å². The van der Waals surface area contributed by atoms with Crippen LogP contribution in [0.5, 0.6) is 0 Å². The predicted molar refractivity (Wildman–Crippen MR) is 275 cm³/mol. The summed E-state index contributed by atoms with van der Waals surface area (Å²) in [6.45, 7) is 8.33. The summed E-state index contributed by atoms with van der Waals surface area (Å²) in [6, 6.07) is 20.2. The Morgan fingerprint density at radius 1 is 0.573 bits per heavy atom. The summed E-state index contributed by atoms with van der Waals surface area (Å²) in [7, 11) is 0. The standard InChI is InChI=1S/2C15H18N2O4.C14H14BrNO3.C9H17NO4/c18-9-10-7-16(8-13(10)19)5-6-17-14(20)11-3-1-2-4-12(11)15(17)21;18-9-12-13(19)5-6-16(12)7-8-17-14(20)10-3-1-2-4-11(10)15(17)21;15-12(17)8-2-1-5-9-16-13(18)10-6-3-4-7-11(10)14(16)19;1-3-13-8(11)5-6-10-7-9(12)14-4-2/h1-4,10,13,18-19H,5-9H2;1-4,12-13,18-19H,5-9H2;3-4,6-7H,1-2,5,8-9H2;10H,3-7H2,1-2H3/t10-,13-;12-,13-;;/m01../s1. The first-order chi connectivity index (χ1) is 36.1. The van der Waals surface area contributed by atoms with Gasteiger partial charge in [0.25, 0.3) is 35.4 Å². The zero-order valence-electron chi connectivity index (χ0n) is 42.3. The molecular weight excluding hydrogens is 1040 g/mol. The number of esters is 2. The number of nitrogens with zero attached hydrogens (tertiary/aromatic N) is 5. The van der Waals surface area contributed by atoms with E-state index in [-0.39, 0.29) is 96.8 Å². The molecule has 0 radical (unpaired) electrons. The number of aliphatic hydroxyl groups is 4. The molecule has 406 valence electrons. The van der Waals surface area contributed by atoms with E-state index in [9.17, 15) is 58.5 Å². The molecule has 0 aliphatic carbocycles. The summed E-state index contributed by atoms with van der Waals surface area (Å²) in [6.07, 6.45) is 2.60. The third-order valence-corrected chi connectivity index (χ3v) is 13.5.